The molecule has 6 nitrogen and oxygen atoms in total. The normalized spacial score (nSPS) is 13.0. The average Bonchev–Trinajstić information content (AvgIpc) is 3.55. The first-order valence-corrected chi connectivity index (χ1v) is 12.2. The third kappa shape index (κ3) is 3.36. The summed E-state index contributed by atoms with van der Waals surface area (Å²) in [7, 11) is 0. The number of rotatable bonds is 5. The van der Waals surface area contributed by atoms with Crippen molar-refractivity contribution in [3.8, 4) is 17.1 Å². The molecule has 5 aromatic rings. The Bertz CT molecular complexity index is 1470. The van der Waals surface area contributed by atoms with Crippen molar-refractivity contribution in [3.05, 3.63) is 87.3 Å². The Labute approximate surface area is 192 Å². The number of thioether (sulfide) groups is 1. The van der Waals surface area contributed by atoms with E-state index in [-0.39, 0.29) is 5.56 Å². The zero-order valence-corrected chi connectivity index (χ0v) is 18.7. The predicted octanol–water partition coefficient (Wildman–Crippen LogP) is 5.28. The second kappa shape index (κ2) is 8.03. The van der Waals surface area contributed by atoms with Crippen LogP contribution >= 0.6 is 23.1 Å². The molecule has 3 aromatic heterocycles. The van der Waals surface area contributed by atoms with Crippen LogP contribution in [-0.2, 0) is 18.6 Å². The van der Waals surface area contributed by atoms with Gasteiger partial charge in [0.15, 0.2) is 5.16 Å². The number of fused-ring (bicyclic) bond motifs is 3. The molecule has 1 aliphatic carbocycles. The van der Waals surface area contributed by atoms with Crippen LogP contribution in [0.5, 0.6) is 0 Å². The van der Waals surface area contributed by atoms with Gasteiger partial charge in [0.25, 0.3) is 5.56 Å². The predicted molar refractivity (Wildman–Crippen MR) is 127 cm³/mol. The molecular weight excluding hydrogens is 440 g/mol. The molecule has 0 atom stereocenters. The lowest BCUT2D eigenvalue weighted by Crippen LogP contribution is -2.21. The molecule has 0 fully saturated rings. The van der Waals surface area contributed by atoms with Gasteiger partial charge in [0, 0.05) is 10.4 Å². The summed E-state index contributed by atoms with van der Waals surface area (Å²) in [5.41, 5.74) is 2.87. The first kappa shape index (κ1) is 19.5. The van der Waals surface area contributed by atoms with E-state index < -0.39 is 0 Å². The van der Waals surface area contributed by atoms with Gasteiger partial charge in [-0.2, -0.15) is 0 Å². The van der Waals surface area contributed by atoms with E-state index in [1.54, 1.807) is 15.9 Å². The van der Waals surface area contributed by atoms with Crippen LogP contribution < -0.4 is 5.56 Å². The minimum absolute atomic E-state index is 0.00129. The number of aromatic nitrogens is 4. The van der Waals surface area contributed by atoms with Crippen LogP contribution in [0, 0.1) is 0 Å². The fourth-order valence-corrected chi connectivity index (χ4v) is 6.21. The van der Waals surface area contributed by atoms with E-state index in [4.69, 9.17) is 9.40 Å². The fraction of sp³-hybridized carbons (Fsp3) is 0.167. The van der Waals surface area contributed by atoms with E-state index in [0.717, 1.165) is 40.7 Å². The largest absolute Gasteiger partial charge is 0.420 e. The Morgan fingerprint density at radius 1 is 1.00 bits per heavy atom. The van der Waals surface area contributed by atoms with Gasteiger partial charge in [-0.25, -0.2) is 4.98 Å². The number of hydrogen-bond donors (Lipinski definition) is 0. The van der Waals surface area contributed by atoms with Gasteiger partial charge in [0.1, 0.15) is 4.83 Å². The maximum absolute atomic E-state index is 13.6. The summed E-state index contributed by atoms with van der Waals surface area (Å²) in [6, 6.07) is 19.4. The Kier molecular flexibility index (Phi) is 4.88. The van der Waals surface area contributed by atoms with Gasteiger partial charge in [0.05, 0.1) is 16.8 Å². The second-order valence-electron chi connectivity index (χ2n) is 7.56. The highest BCUT2D eigenvalue weighted by atomic mass is 32.2. The molecule has 0 aliphatic heterocycles. The molecule has 1 aliphatic rings. The quantitative estimate of drug-likeness (QED) is 0.264. The van der Waals surface area contributed by atoms with E-state index in [1.807, 2.05) is 60.7 Å². The highest BCUT2D eigenvalue weighted by molar-refractivity contribution is 7.98. The van der Waals surface area contributed by atoms with Crippen molar-refractivity contribution < 1.29 is 4.42 Å². The van der Waals surface area contributed by atoms with Crippen molar-refractivity contribution in [2.24, 2.45) is 0 Å². The number of nitrogens with zero attached hydrogens (tertiary/aromatic N) is 4. The summed E-state index contributed by atoms with van der Waals surface area (Å²) >= 11 is 3.09. The van der Waals surface area contributed by atoms with Crippen LogP contribution in [0.3, 0.4) is 0 Å². The van der Waals surface area contributed by atoms with Crippen molar-refractivity contribution in [3.63, 3.8) is 0 Å². The van der Waals surface area contributed by atoms with E-state index in [1.165, 1.54) is 22.2 Å². The lowest BCUT2D eigenvalue weighted by atomic mass is 10.2. The van der Waals surface area contributed by atoms with Crippen LogP contribution in [0.1, 0.15) is 22.8 Å². The van der Waals surface area contributed by atoms with Gasteiger partial charge in [-0.05, 0) is 49.1 Å². The molecule has 2 aromatic carbocycles. The smallest absolute Gasteiger partial charge is 0.267 e. The third-order valence-electron chi connectivity index (χ3n) is 5.53. The number of para-hydroxylation sites is 1. The molecule has 0 saturated heterocycles. The van der Waals surface area contributed by atoms with Crippen molar-refractivity contribution in [1.82, 2.24) is 19.7 Å². The third-order valence-corrected chi connectivity index (χ3v) is 7.64. The highest BCUT2D eigenvalue weighted by Gasteiger charge is 2.24. The van der Waals surface area contributed by atoms with Crippen LogP contribution in [0.25, 0.3) is 27.4 Å². The Hall–Kier alpha value is -3.23. The van der Waals surface area contributed by atoms with Crippen LogP contribution in [0.2, 0.25) is 0 Å². The van der Waals surface area contributed by atoms with Crippen molar-refractivity contribution in [2.75, 3.05) is 0 Å². The zero-order valence-electron chi connectivity index (χ0n) is 17.0. The second-order valence-corrected chi connectivity index (χ2v) is 9.59. The maximum Gasteiger partial charge on any atom is 0.267 e. The van der Waals surface area contributed by atoms with Gasteiger partial charge in [0.2, 0.25) is 11.8 Å². The topological polar surface area (TPSA) is 73.8 Å². The van der Waals surface area contributed by atoms with Gasteiger partial charge in [-0.1, -0.05) is 48.2 Å². The fourth-order valence-electron chi connectivity index (χ4n) is 4.06. The first-order chi connectivity index (χ1) is 15.8. The van der Waals surface area contributed by atoms with Gasteiger partial charge < -0.3 is 4.42 Å². The maximum atomic E-state index is 13.6. The Morgan fingerprint density at radius 2 is 1.78 bits per heavy atom. The van der Waals surface area contributed by atoms with Gasteiger partial charge in [-0.15, -0.1) is 21.5 Å². The van der Waals surface area contributed by atoms with E-state index in [2.05, 4.69) is 10.2 Å². The van der Waals surface area contributed by atoms with E-state index in [0.29, 0.717) is 22.7 Å². The highest BCUT2D eigenvalue weighted by Crippen LogP contribution is 2.36. The molecule has 32 heavy (non-hydrogen) atoms. The summed E-state index contributed by atoms with van der Waals surface area (Å²) in [5.74, 6) is 1.41. The van der Waals surface area contributed by atoms with Crippen molar-refractivity contribution in [2.45, 2.75) is 30.2 Å². The molecule has 0 amide bonds. The van der Waals surface area contributed by atoms with Crippen LogP contribution in [-0.4, -0.2) is 19.7 Å². The van der Waals surface area contributed by atoms with Gasteiger partial charge >= 0.3 is 0 Å². The lowest BCUT2D eigenvalue weighted by Gasteiger charge is -2.11. The van der Waals surface area contributed by atoms with Crippen LogP contribution in [0.4, 0.5) is 0 Å². The molecule has 0 spiro atoms. The Morgan fingerprint density at radius 3 is 2.59 bits per heavy atom. The monoisotopic (exact) mass is 458 g/mol. The van der Waals surface area contributed by atoms with E-state index >= 15 is 0 Å². The molecule has 158 valence electrons. The summed E-state index contributed by atoms with van der Waals surface area (Å²) in [5, 5.41) is 9.76. The number of thiophene rings is 1. The summed E-state index contributed by atoms with van der Waals surface area (Å²) < 4.78 is 7.56. The Balaban J connectivity index is 1.39. The molecule has 3 heterocycles. The summed E-state index contributed by atoms with van der Waals surface area (Å²) in [6.07, 6.45) is 3.10. The minimum atomic E-state index is -0.00129. The molecular formula is C24H18N4O2S2. The molecule has 0 saturated carbocycles. The lowest BCUT2D eigenvalue weighted by molar-refractivity contribution is 0.528. The number of aryl methyl sites for hydroxylation is 2. The summed E-state index contributed by atoms with van der Waals surface area (Å²) in [6.45, 7) is 0. The number of hydrogen-bond acceptors (Lipinski definition) is 7. The molecule has 8 heteroatoms. The molecule has 0 bridgehead atoms. The molecule has 0 N–H and O–H groups in total. The van der Waals surface area contributed by atoms with Crippen molar-refractivity contribution in [1.29, 1.82) is 0 Å². The van der Waals surface area contributed by atoms with Crippen LogP contribution in [0.15, 0.2) is 75.0 Å². The average molecular weight is 459 g/mol. The molecule has 0 radical (unpaired) electrons. The molecule has 0 unspecified atom stereocenters. The minimum Gasteiger partial charge on any atom is -0.420 e. The SMILES string of the molecule is O=c1c2c3c(sc2nc(SCc2nnc(-c4ccccc4)o2)n1-c1ccccc1)CCC3. The van der Waals surface area contributed by atoms with Crippen molar-refractivity contribution >= 4 is 33.3 Å². The molecule has 6 rings (SSSR count). The summed E-state index contributed by atoms with van der Waals surface area (Å²) in [4.78, 5) is 20.7. The van der Waals surface area contributed by atoms with E-state index in [9.17, 15) is 4.79 Å². The first-order valence-electron chi connectivity index (χ1n) is 10.4. The van der Waals surface area contributed by atoms with Gasteiger partial charge in [-0.3, -0.25) is 9.36 Å². The standard InChI is InChI=1S/C24H18N4O2S2/c29-23-20-17-12-7-13-18(17)32-22(20)25-24(28(23)16-10-5-2-6-11-16)31-14-19-26-27-21(30-19)15-8-3-1-4-9-15/h1-6,8-11H,7,12-14H2. The number of benzene rings is 2. The zero-order chi connectivity index (χ0) is 21.5.